The van der Waals surface area contributed by atoms with Gasteiger partial charge in [0, 0.05) is 22.8 Å². The maximum Gasteiger partial charge on any atom is 0.306 e. The summed E-state index contributed by atoms with van der Waals surface area (Å²) in [6.45, 7) is 0. The molecule has 7 heteroatoms. The Hall–Kier alpha value is -1.76. The predicted molar refractivity (Wildman–Crippen MR) is 81.8 cm³/mol. The van der Waals surface area contributed by atoms with Crippen molar-refractivity contribution < 1.29 is 14.8 Å². The minimum atomic E-state index is -0.750. The normalized spacial score (nSPS) is 22.3. The van der Waals surface area contributed by atoms with E-state index < -0.39 is 10.9 Å². The van der Waals surface area contributed by atoms with E-state index in [9.17, 15) is 14.9 Å². The van der Waals surface area contributed by atoms with E-state index in [2.05, 4.69) is 20.9 Å². The third-order valence-corrected chi connectivity index (χ3v) is 4.15. The summed E-state index contributed by atoms with van der Waals surface area (Å²) in [6, 6.07) is 4.75. The molecule has 0 aliphatic heterocycles. The molecular weight excluding hydrogens is 340 g/mol. The first-order valence-corrected chi connectivity index (χ1v) is 7.46. The lowest BCUT2D eigenvalue weighted by molar-refractivity contribution is -0.385. The van der Waals surface area contributed by atoms with Gasteiger partial charge in [0.25, 0.3) is 5.69 Å². The van der Waals surface area contributed by atoms with Crippen molar-refractivity contribution in [2.24, 2.45) is 10.9 Å². The summed E-state index contributed by atoms with van der Waals surface area (Å²) >= 11 is 3.29. The molecule has 1 aromatic rings. The largest absolute Gasteiger partial charge is 0.481 e. The number of carboxylic acid groups (broad SMARTS) is 1. The van der Waals surface area contributed by atoms with Gasteiger partial charge in [-0.3, -0.25) is 19.9 Å². The second-order valence-electron chi connectivity index (χ2n) is 5.08. The topological polar surface area (TPSA) is 92.8 Å². The molecule has 2 rings (SSSR count). The number of hydrogen-bond acceptors (Lipinski definition) is 4. The molecule has 1 aromatic carbocycles. The van der Waals surface area contributed by atoms with Crippen molar-refractivity contribution in [2.75, 3.05) is 0 Å². The molecule has 1 N–H and O–H groups in total. The zero-order valence-electron chi connectivity index (χ0n) is 11.2. The molecule has 6 nitrogen and oxygen atoms in total. The van der Waals surface area contributed by atoms with Crippen molar-refractivity contribution in [1.29, 1.82) is 0 Å². The van der Waals surface area contributed by atoms with Gasteiger partial charge < -0.3 is 5.11 Å². The molecule has 0 saturated heterocycles. The third-order valence-electron chi connectivity index (χ3n) is 3.66. The van der Waals surface area contributed by atoms with E-state index in [1.807, 2.05) is 0 Å². The predicted octanol–water partition coefficient (Wildman–Crippen LogP) is 3.42. The number of nitrogens with zero attached hydrogens (tertiary/aromatic N) is 2. The first-order chi connectivity index (χ1) is 9.97. The van der Waals surface area contributed by atoms with E-state index in [4.69, 9.17) is 5.11 Å². The summed E-state index contributed by atoms with van der Waals surface area (Å²) < 4.78 is 0.754. The minimum absolute atomic E-state index is 0.0150. The Morgan fingerprint density at radius 3 is 2.62 bits per heavy atom. The monoisotopic (exact) mass is 354 g/mol. The smallest absolute Gasteiger partial charge is 0.306 e. The Balaban J connectivity index is 2.07. The molecule has 1 saturated carbocycles. The van der Waals surface area contributed by atoms with Crippen LogP contribution in [-0.4, -0.2) is 28.3 Å². The molecule has 0 aromatic heterocycles. The van der Waals surface area contributed by atoms with Gasteiger partial charge in [-0.05, 0) is 37.8 Å². The fourth-order valence-electron chi connectivity index (χ4n) is 2.45. The Morgan fingerprint density at radius 1 is 1.38 bits per heavy atom. The number of aliphatic imine (C=N–C) groups is 1. The zero-order chi connectivity index (χ0) is 15.4. The molecule has 0 bridgehead atoms. The molecule has 0 amide bonds. The molecule has 1 aliphatic carbocycles. The number of nitro groups is 1. The number of carbonyl (C=O) groups is 1. The van der Waals surface area contributed by atoms with Crippen molar-refractivity contribution in [1.82, 2.24) is 0 Å². The van der Waals surface area contributed by atoms with Crippen LogP contribution in [0.2, 0.25) is 0 Å². The van der Waals surface area contributed by atoms with Crippen LogP contribution in [0.4, 0.5) is 5.69 Å². The van der Waals surface area contributed by atoms with E-state index >= 15 is 0 Å². The number of aliphatic carboxylic acids is 1. The van der Waals surface area contributed by atoms with E-state index in [0.29, 0.717) is 31.2 Å². The Labute approximate surface area is 130 Å². The molecule has 0 unspecified atom stereocenters. The standard InChI is InChI=1S/C14H15BrN2O4/c15-11-3-6-13(17(20)21)10(7-11)8-16-12-4-1-9(2-5-12)14(18)19/h3,6-9,12H,1-2,4-5H2,(H,18,19)/t9-,12-. The Bertz CT molecular complexity index is 580. The van der Waals surface area contributed by atoms with Crippen LogP contribution in [0.1, 0.15) is 31.2 Å². The van der Waals surface area contributed by atoms with Gasteiger partial charge in [0.05, 0.1) is 16.4 Å². The van der Waals surface area contributed by atoms with Crippen LogP contribution in [-0.2, 0) is 4.79 Å². The van der Waals surface area contributed by atoms with Crippen molar-refractivity contribution in [3.05, 3.63) is 38.3 Å². The fraction of sp³-hybridized carbons (Fsp3) is 0.429. The maximum atomic E-state index is 11.0. The number of rotatable bonds is 4. The summed E-state index contributed by atoms with van der Waals surface area (Å²) in [7, 11) is 0. The van der Waals surface area contributed by atoms with Crippen LogP contribution in [0.3, 0.4) is 0 Å². The van der Waals surface area contributed by atoms with Crippen molar-refractivity contribution >= 4 is 33.8 Å². The molecule has 0 spiro atoms. The SMILES string of the molecule is O=C(O)[C@H]1CC[C@H](N=Cc2cc(Br)ccc2[N+](=O)[O-])CC1. The van der Waals surface area contributed by atoms with Gasteiger partial charge >= 0.3 is 5.97 Å². The van der Waals surface area contributed by atoms with E-state index in [0.717, 1.165) is 4.47 Å². The average molecular weight is 355 g/mol. The van der Waals surface area contributed by atoms with Crippen LogP contribution in [0.5, 0.6) is 0 Å². The lowest BCUT2D eigenvalue weighted by Crippen LogP contribution is -2.23. The number of nitro benzene ring substituents is 1. The molecule has 0 radical (unpaired) electrons. The highest BCUT2D eigenvalue weighted by atomic mass is 79.9. The summed E-state index contributed by atoms with van der Waals surface area (Å²) in [4.78, 5) is 25.8. The van der Waals surface area contributed by atoms with Crippen LogP contribution in [0, 0.1) is 16.0 Å². The minimum Gasteiger partial charge on any atom is -0.481 e. The molecule has 1 aliphatic rings. The van der Waals surface area contributed by atoms with Gasteiger partial charge in [0.15, 0.2) is 0 Å². The fourth-order valence-corrected chi connectivity index (χ4v) is 2.83. The number of halogens is 1. The zero-order valence-corrected chi connectivity index (χ0v) is 12.8. The van der Waals surface area contributed by atoms with Crippen LogP contribution in [0.25, 0.3) is 0 Å². The lowest BCUT2D eigenvalue weighted by Gasteiger charge is -2.23. The Kier molecular flexibility index (Phi) is 5.06. The highest BCUT2D eigenvalue weighted by molar-refractivity contribution is 9.10. The van der Waals surface area contributed by atoms with Crippen molar-refractivity contribution in [3.8, 4) is 0 Å². The number of benzene rings is 1. The van der Waals surface area contributed by atoms with Crippen LogP contribution < -0.4 is 0 Å². The van der Waals surface area contributed by atoms with Crippen LogP contribution >= 0.6 is 15.9 Å². The summed E-state index contributed by atoms with van der Waals surface area (Å²) in [5.74, 6) is -1.03. The first-order valence-electron chi connectivity index (χ1n) is 6.67. The third kappa shape index (κ3) is 4.10. The maximum absolute atomic E-state index is 11.0. The molecule has 21 heavy (non-hydrogen) atoms. The second kappa shape index (κ2) is 6.80. The van der Waals surface area contributed by atoms with Gasteiger partial charge in [-0.15, -0.1) is 0 Å². The molecule has 112 valence electrons. The van der Waals surface area contributed by atoms with E-state index in [1.165, 1.54) is 12.3 Å². The molecule has 1 fully saturated rings. The van der Waals surface area contributed by atoms with Gasteiger partial charge in [0.2, 0.25) is 0 Å². The van der Waals surface area contributed by atoms with Crippen molar-refractivity contribution in [3.63, 3.8) is 0 Å². The number of hydrogen-bond donors (Lipinski definition) is 1. The summed E-state index contributed by atoms with van der Waals surface area (Å²) in [5.41, 5.74) is 0.468. The van der Waals surface area contributed by atoms with Gasteiger partial charge in [0.1, 0.15) is 0 Å². The second-order valence-corrected chi connectivity index (χ2v) is 6.00. The average Bonchev–Trinajstić information content (AvgIpc) is 2.45. The number of carboxylic acids is 1. The van der Waals surface area contributed by atoms with Gasteiger partial charge in [-0.2, -0.15) is 0 Å². The van der Waals surface area contributed by atoms with Crippen molar-refractivity contribution in [2.45, 2.75) is 31.7 Å². The highest BCUT2D eigenvalue weighted by Gasteiger charge is 2.25. The Morgan fingerprint density at radius 2 is 2.05 bits per heavy atom. The van der Waals surface area contributed by atoms with Crippen LogP contribution in [0.15, 0.2) is 27.7 Å². The molecule has 0 heterocycles. The summed E-state index contributed by atoms with van der Waals surface area (Å²) in [5, 5.41) is 19.9. The lowest BCUT2D eigenvalue weighted by atomic mass is 9.86. The first kappa shape index (κ1) is 15.6. The van der Waals surface area contributed by atoms with E-state index in [1.54, 1.807) is 12.1 Å². The highest BCUT2D eigenvalue weighted by Crippen LogP contribution is 2.27. The quantitative estimate of drug-likeness (QED) is 0.509. The molecule has 0 atom stereocenters. The summed E-state index contributed by atoms with van der Waals surface area (Å²) in [6.07, 6.45) is 4.15. The van der Waals surface area contributed by atoms with Gasteiger partial charge in [-0.25, -0.2) is 0 Å². The van der Waals surface area contributed by atoms with E-state index in [-0.39, 0.29) is 17.6 Å². The molecular formula is C14H15BrN2O4. The van der Waals surface area contributed by atoms with Gasteiger partial charge in [-0.1, -0.05) is 15.9 Å².